The first-order valence-electron chi connectivity index (χ1n) is 8.85. The highest BCUT2D eigenvalue weighted by Gasteiger charge is 2.19. The Bertz CT molecular complexity index is 913. The third-order valence-electron chi connectivity index (χ3n) is 3.79. The van der Waals surface area contributed by atoms with Gasteiger partial charge in [0, 0.05) is 22.7 Å². The molecule has 1 atom stereocenters. The predicted molar refractivity (Wildman–Crippen MR) is 113 cm³/mol. The quantitative estimate of drug-likeness (QED) is 0.426. The molecule has 0 aliphatic rings. The Labute approximate surface area is 173 Å². The number of aliphatic carboxylic acids is 1. The van der Waals surface area contributed by atoms with Crippen molar-refractivity contribution in [3.05, 3.63) is 60.7 Å². The van der Waals surface area contributed by atoms with Crippen LogP contribution in [0.2, 0.25) is 0 Å². The summed E-state index contributed by atoms with van der Waals surface area (Å²) in [5, 5.41) is 13.7. The van der Waals surface area contributed by atoms with Crippen LogP contribution in [0.3, 0.4) is 0 Å². The number of hydrogen-bond acceptors (Lipinski definition) is 5. The fourth-order valence-electron chi connectivity index (χ4n) is 2.43. The predicted octanol–water partition coefficient (Wildman–Crippen LogP) is 3.78. The molecule has 0 heterocycles. The van der Waals surface area contributed by atoms with E-state index in [-0.39, 0.29) is 11.2 Å². The smallest absolute Gasteiger partial charge is 0.328 e. The number of ether oxygens (including phenoxy) is 1. The van der Waals surface area contributed by atoms with E-state index in [1.807, 2.05) is 25.1 Å². The molecular weight excluding hydrogens is 392 g/mol. The molecule has 2 aromatic rings. The highest BCUT2D eigenvalue weighted by atomic mass is 32.2. The Kier molecular flexibility index (Phi) is 8.29. The molecule has 0 aliphatic heterocycles. The number of nitrogens with one attached hydrogen (secondary N) is 2. The normalized spacial score (nSPS) is 11.7. The van der Waals surface area contributed by atoms with Gasteiger partial charge in [-0.1, -0.05) is 25.1 Å². The second-order valence-corrected chi connectivity index (χ2v) is 7.17. The molecule has 0 spiro atoms. The van der Waals surface area contributed by atoms with E-state index in [1.165, 1.54) is 11.8 Å². The van der Waals surface area contributed by atoms with E-state index in [1.54, 1.807) is 37.4 Å². The van der Waals surface area contributed by atoms with Crippen molar-refractivity contribution in [2.75, 3.05) is 17.7 Å². The fraction of sp³-hybridized carbons (Fsp3) is 0.190. The topological polar surface area (TPSA) is 105 Å². The summed E-state index contributed by atoms with van der Waals surface area (Å²) < 4.78 is 5.26. The van der Waals surface area contributed by atoms with Crippen LogP contribution in [-0.4, -0.2) is 35.2 Å². The fourth-order valence-corrected chi connectivity index (χ4v) is 3.44. The number of carboxylic acid groups (broad SMARTS) is 1. The number of anilines is 2. The SMILES string of the molecule is CCC(Sc1cccc(NC(=O)/C=C/C(=O)O)c1)C(=O)Nc1ccccc1OC. The molecule has 0 fully saturated rings. The van der Waals surface area contributed by atoms with Crippen molar-refractivity contribution in [1.29, 1.82) is 0 Å². The van der Waals surface area contributed by atoms with Crippen LogP contribution in [0.5, 0.6) is 5.75 Å². The number of carboxylic acids is 1. The first kappa shape index (κ1) is 22.0. The molecule has 0 aliphatic carbocycles. The second-order valence-electron chi connectivity index (χ2n) is 5.89. The van der Waals surface area contributed by atoms with Crippen molar-refractivity contribution < 1.29 is 24.2 Å². The van der Waals surface area contributed by atoms with Gasteiger partial charge >= 0.3 is 5.97 Å². The zero-order valence-corrected chi connectivity index (χ0v) is 16.9. The number of hydrogen-bond donors (Lipinski definition) is 3. The Balaban J connectivity index is 2.05. The van der Waals surface area contributed by atoms with Crippen LogP contribution in [0.15, 0.2) is 65.6 Å². The van der Waals surface area contributed by atoms with E-state index in [4.69, 9.17) is 9.84 Å². The molecule has 1 unspecified atom stereocenters. The van der Waals surface area contributed by atoms with Crippen LogP contribution in [0.25, 0.3) is 0 Å². The summed E-state index contributed by atoms with van der Waals surface area (Å²) in [6.45, 7) is 1.92. The summed E-state index contributed by atoms with van der Waals surface area (Å²) in [6.07, 6.45) is 2.31. The molecule has 7 nitrogen and oxygen atoms in total. The van der Waals surface area contributed by atoms with Crippen LogP contribution in [-0.2, 0) is 14.4 Å². The van der Waals surface area contributed by atoms with Gasteiger partial charge in [-0.25, -0.2) is 4.79 Å². The van der Waals surface area contributed by atoms with E-state index in [0.717, 1.165) is 17.0 Å². The number of carbonyl (C=O) groups is 3. The minimum absolute atomic E-state index is 0.152. The minimum atomic E-state index is -1.20. The monoisotopic (exact) mass is 414 g/mol. The zero-order valence-electron chi connectivity index (χ0n) is 16.0. The van der Waals surface area contributed by atoms with Gasteiger partial charge in [0.2, 0.25) is 11.8 Å². The summed E-state index contributed by atoms with van der Waals surface area (Å²) in [6, 6.07) is 14.2. The number of methoxy groups -OCH3 is 1. The third kappa shape index (κ3) is 7.00. The molecule has 3 N–H and O–H groups in total. The number of rotatable bonds is 9. The Hall–Kier alpha value is -3.26. The van der Waals surface area contributed by atoms with Crippen LogP contribution >= 0.6 is 11.8 Å². The summed E-state index contributed by atoms with van der Waals surface area (Å²) in [5.41, 5.74) is 1.11. The van der Waals surface area contributed by atoms with Crippen molar-refractivity contribution >= 4 is 40.9 Å². The van der Waals surface area contributed by atoms with E-state index in [9.17, 15) is 14.4 Å². The molecule has 2 rings (SSSR count). The lowest BCUT2D eigenvalue weighted by Crippen LogP contribution is -2.24. The van der Waals surface area contributed by atoms with Gasteiger partial charge in [0.25, 0.3) is 0 Å². The van der Waals surface area contributed by atoms with Crippen molar-refractivity contribution in [2.24, 2.45) is 0 Å². The van der Waals surface area contributed by atoms with Gasteiger partial charge in [0.05, 0.1) is 18.0 Å². The second kappa shape index (κ2) is 10.9. The Morgan fingerprint density at radius 1 is 1.10 bits per heavy atom. The molecule has 29 heavy (non-hydrogen) atoms. The molecule has 152 valence electrons. The molecule has 2 amide bonds. The van der Waals surface area contributed by atoms with Crippen molar-refractivity contribution in [3.8, 4) is 5.75 Å². The van der Waals surface area contributed by atoms with E-state index >= 15 is 0 Å². The minimum Gasteiger partial charge on any atom is -0.495 e. The van der Waals surface area contributed by atoms with Crippen molar-refractivity contribution in [2.45, 2.75) is 23.5 Å². The highest BCUT2D eigenvalue weighted by molar-refractivity contribution is 8.00. The van der Waals surface area contributed by atoms with Crippen LogP contribution in [0, 0.1) is 0 Å². The number of benzene rings is 2. The van der Waals surface area contributed by atoms with E-state index in [0.29, 0.717) is 23.5 Å². The summed E-state index contributed by atoms with van der Waals surface area (Å²) in [7, 11) is 1.54. The highest BCUT2D eigenvalue weighted by Crippen LogP contribution is 2.30. The summed E-state index contributed by atoms with van der Waals surface area (Å²) in [5.74, 6) is -1.31. The average molecular weight is 414 g/mol. The van der Waals surface area contributed by atoms with Gasteiger partial charge in [-0.3, -0.25) is 9.59 Å². The van der Waals surface area contributed by atoms with Gasteiger partial charge in [-0.2, -0.15) is 0 Å². The molecule has 0 bridgehead atoms. The lowest BCUT2D eigenvalue weighted by molar-refractivity contribution is -0.131. The van der Waals surface area contributed by atoms with Gasteiger partial charge < -0.3 is 20.5 Å². The molecule has 0 aromatic heterocycles. The maximum Gasteiger partial charge on any atom is 0.328 e. The first-order valence-corrected chi connectivity index (χ1v) is 9.73. The number of carbonyl (C=O) groups excluding carboxylic acids is 2. The molecule has 0 saturated carbocycles. The van der Waals surface area contributed by atoms with Gasteiger partial charge in [-0.05, 0) is 36.8 Å². The lowest BCUT2D eigenvalue weighted by atomic mass is 10.2. The molecular formula is C21H22N2O5S. The summed E-state index contributed by atoms with van der Waals surface area (Å²) in [4.78, 5) is 35.7. The molecule has 0 radical (unpaired) electrons. The number of amides is 2. The Morgan fingerprint density at radius 3 is 2.55 bits per heavy atom. The molecule has 0 saturated heterocycles. The van der Waals surface area contributed by atoms with Gasteiger partial charge in [0.1, 0.15) is 5.75 Å². The summed E-state index contributed by atoms with van der Waals surface area (Å²) >= 11 is 1.37. The Morgan fingerprint density at radius 2 is 1.86 bits per heavy atom. The van der Waals surface area contributed by atoms with Gasteiger partial charge in [-0.15, -0.1) is 11.8 Å². The maximum absolute atomic E-state index is 12.7. The average Bonchev–Trinajstić information content (AvgIpc) is 2.71. The molecule has 2 aromatic carbocycles. The van der Waals surface area contributed by atoms with Crippen molar-refractivity contribution in [3.63, 3.8) is 0 Å². The standard InChI is InChI=1S/C21H22N2O5S/c1-3-18(21(27)23-16-9-4-5-10-17(16)28-2)29-15-8-6-7-14(13-15)22-19(24)11-12-20(25)26/h4-13,18H,3H2,1-2H3,(H,22,24)(H,23,27)(H,25,26)/b12-11+. The third-order valence-corrected chi connectivity index (χ3v) is 5.14. The van der Waals surface area contributed by atoms with Crippen LogP contribution in [0.1, 0.15) is 13.3 Å². The van der Waals surface area contributed by atoms with Crippen LogP contribution in [0.4, 0.5) is 11.4 Å². The lowest BCUT2D eigenvalue weighted by Gasteiger charge is -2.16. The number of thioether (sulfide) groups is 1. The number of para-hydroxylation sites is 2. The zero-order chi connectivity index (χ0) is 21.2. The van der Waals surface area contributed by atoms with Crippen LogP contribution < -0.4 is 15.4 Å². The maximum atomic E-state index is 12.7. The first-order chi connectivity index (χ1) is 13.9. The largest absolute Gasteiger partial charge is 0.495 e. The van der Waals surface area contributed by atoms with Gasteiger partial charge in [0.15, 0.2) is 0 Å². The van der Waals surface area contributed by atoms with E-state index in [2.05, 4.69) is 10.6 Å². The molecule has 8 heteroatoms. The van der Waals surface area contributed by atoms with E-state index < -0.39 is 11.9 Å². The van der Waals surface area contributed by atoms with Crippen molar-refractivity contribution in [1.82, 2.24) is 0 Å².